The molecule has 5 heteroatoms. The largest absolute Gasteiger partial charge is 1.00 e. The third-order valence-electron chi connectivity index (χ3n) is 1.03. The fourth-order valence-electron chi connectivity index (χ4n) is 0.440. The van der Waals surface area contributed by atoms with Crippen LogP contribution >= 0.6 is 0 Å². The Morgan fingerprint density at radius 3 is 2.00 bits per heavy atom. The Morgan fingerprint density at radius 1 is 1.20 bits per heavy atom. The molecule has 1 rings (SSSR count). The van der Waals surface area contributed by atoms with Crippen molar-refractivity contribution >= 4 is 6.98 Å². The van der Waals surface area contributed by atoms with Crippen molar-refractivity contribution in [3.05, 3.63) is 0 Å². The van der Waals surface area contributed by atoms with Crippen LogP contribution in [0.1, 0.15) is 12.8 Å². The topological polar surface area (TPSA) is 0 Å². The predicted octanol–water partition coefficient (Wildman–Crippen LogP) is -1.21. The van der Waals surface area contributed by atoms with Crippen LogP contribution in [-0.4, -0.2) is 6.98 Å². The van der Waals surface area contributed by atoms with Gasteiger partial charge in [0.2, 0.25) is 0 Å². The van der Waals surface area contributed by atoms with E-state index in [1.807, 2.05) is 0 Å². The summed E-state index contributed by atoms with van der Waals surface area (Å²) in [4.78, 5) is 0. The van der Waals surface area contributed by atoms with Crippen LogP contribution in [0.5, 0.6) is 0 Å². The zero-order valence-electron chi connectivity index (χ0n) is 5.70. The average molecular weight is 172 g/mol. The van der Waals surface area contributed by atoms with Gasteiger partial charge in [0.25, 0.3) is 0 Å². The minimum absolute atomic E-state index is 0. The summed E-state index contributed by atoms with van der Waals surface area (Å²) in [6, 6.07) is 0. The number of halogens is 3. The van der Waals surface area contributed by atoms with Crippen LogP contribution in [0.25, 0.3) is 0 Å². The summed E-state index contributed by atoms with van der Waals surface area (Å²) in [6.45, 7) is -4.85. The van der Waals surface area contributed by atoms with E-state index in [0.717, 1.165) is 12.8 Å². The van der Waals surface area contributed by atoms with Crippen molar-refractivity contribution in [2.24, 2.45) is 5.92 Å². The van der Waals surface area contributed by atoms with E-state index in [1.54, 1.807) is 0 Å². The van der Waals surface area contributed by atoms with Crippen LogP contribution in [0.4, 0.5) is 12.9 Å². The average Bonchev–Trinajstić information content (AvgIpc) is 2.38. The molecule has 0 spiro atoms. The van der Waals surface area contributed by atoms with Crippen LogP contribution in [-0.2, 0) is 0 Å². The quantitative estimate of drug-likeness (QED) is 0.317. The van der Waals surface area contributed by atoms with Gasteiger partial charge in [0, 0.05) is 5.92 Å². The Labute approximate surface area is 100 Å². The molecule has 0 aromatic rings. The first-order chi connectivity index (χ1) is 4.08. The fourth-order valence-corrected chi connectivity index (χ4v) is 0.440. The van der Waals surface area contributed by atoms with Crippen molar-refractivity contribution in [2.75, 3.05) is 0 Å². The molecule has 0 aliphatic heterocycles. The van der Waals surface area contributed by atoms with E-state index in [9.17, 15) is 12.9 Å². The maximum Gasteiger partial charge on any atom is 1.00 e. The molecule has 0 N–H and O–H groups in total. The Balaban J connectivity index is 0.000000810. The van der Waals surface area contributed by atoms with Crippen LogP contribution in [0, 0.1) is 17.7 Å². The molecule has 0 heterocycles. The molecule has 0 aromatic heterocycles. The standard InChI is InChI=1S/C5H5BF3.K/c7-6(8,9)4-3-5-1-2-5;/h5H,1-2H2;/q-1;+1. The second-order valence-corrected chi connectivity index (χ2v) is 2.14. The summed E-state index contributed by atoms with van der Waals surface area (Å²) in [5, 5.41) is 0. The number of hydrogen-bond acceptors (Lipinski definition) is 0. The van der Waals surface area contributed by atoms with Crippen molar-refractivity contribution in [2.45, 2.75) is 12.8 Å². The van der Waals surface area contributed by atoms with Gasteiger partial charge in [-0.2, -0.15) is 0 Å². The predicted molar refractivity (Wildman–Crippen MR) is 29.6 cm³/mol. The molecule has 50 valence electrons. The van der Waals surface area contributed by atoms with Gasteiger partial charge in [-0.15, -0.1) is 5.92 Å². The minimum Gasteiger partial charge on any atom is -0.438 e. The van der Waals surface area contributed by atoms with Crippen molar-refractivity contribution < 1.29 is 64.3 Å². The SMILES string of the molecule is F[B-](F)(F)C#CC1CC1.[K+]. The zero-order valence-corrected chi connectivity index (χ0v) is 8.83. The van der Waals surface area contributed by atoms with E-state index in [1.165, 1.54) is 5.82 Å². The Morgan fingerprint density at radius 2 is 1.70 bits per heavy atom. The van der Waals surface area contributed by atoms with Gasteiger partial charge in [-0.1, -0.05) is 0 Å². The molecule has 10 heavy (non-hydrogen) atoms. The van der Waals surface area contributed by atoms with Gasteiger partial charge < -0.3 is 12.9 Å². The molecule has 0 atom stereocenters. The van der Waals surface area contributed by atoms with E-state index in [4.69, 9.17) is 0 Å². The summed E-state index contributed by atoms with van der Waals surface area (Å²) >= 11 is 0. The van der Waals surface area contributed by atoms with Crippen LogP contribution in [0.15, 0.2) is 0 Å². The molecule has 0 amide bonds. The van der Waals surface area contributed by atoms with Crippen LogP contribution in [0.3, 0.4) is 0 Å². The van der Waals surface area contributed by atoms with E-state index in [-0.39, 0.29) is 57.3 Å². The number of rotatable bonds is 0. The smallest absolute Gasteiger partial charge is 0.438 e. The molecule has 1 fully saturated rings. The molecule has 0 aromatic carbocycles. The van der Waals surface area contributed by atoms with E-state index in [0.29, 0.717) is 0 Å². The Kier molecular flexibility index (Phi) is 4.61. The third-order valence-corrected chi connectivity index (χ3v) is 1.03. The summed E-state index contributed by atoms with van der Waals surface area (Å²) in [6.07, 6.45) is 1.69. The van der Waals surface area contributed by atoms with Crippen LogP contribution < -0.4 is 51.4 Å². The first kappa shape index (κ1) is 11.1. The molecule has 0 radical (unpaired) electrons. The summed E-state index contributed by atoms with van der Waals surface area (Å²) in [5.41, 5.74) is 0. The Hall–Kier alpha value is 1.05. The molecule has 0 nitrogen and oxygen atoms in total. The molecular weight excluding hydrogens is 167 g/mol. The molecule has 0 bridgehead atoms. The van der Waals surface area contributed by atoms with E-state index < -0.39 is 6.98 Å². The van der Waals surface area contributed by atoms with E-state index >= 15 is 0 Å². The second kappa shape index (κ2) is 4.17. The van der Waals surface area contributed by atoms with Crippen molar-refractivity contribution in [1.82, 2.24) is 0 Å². The van der Waals surface area contributed by atoms with Gasteiger partial charge in [-0.3, -0.25) is 0 Å². The fraction of sp³-hybridized carbons (Fsp3) is 0.600. The molecular formula is C5H5BF3K. The minimum atomic E-state index is -4.85. The van der Waals surface area contributed by atoms with E-state index in [2.05, 4.69) is 5.92 Å². The van der Waals surface area contributed by atoms with Crippen molar-refractivity contribution in [1.29, 1.82) is 0 Å². The van der Waals surface area contributed by atoms with Gasteiger partial charge in [0.15, 0.2) is 0 Å². The maximum atomic E-state index is 11.3. The van der Waals surface area contributed by atoms with Crippen LogP contribution in [0.2, 0.25) is 0 Å². The third kappa shape index (κ3) is 5.81. The van der Waals surface area contributed by atoms with Gasteiger partial charge in [0.1, 0.15) is 0 Å². The van der Waals surface area contributed by atoms with Gasteiger partial charge in [0.05, 0.1) is 0 Å². The molecule has 0 saturated heterocycles. The Bertz CT molecular complexity index is 162. The monoisotopic (exact) mass is 172 g/mol. The summed E-state index contributed by atoms with van der Waals surface area (Å²) < 4.78 is 34.0. The number of hydrogen-bond donors (Lipinski definition) is 0. The molecule has 1 aliphatic rings. The normalized spacial score (nSPS) is 16.7. The second-order valence-electron chi connectivity index (χ2n) is 2.14. The summed E-state index contributed by atoms with van der Waals surface area (Å²) in [5.74, 6) is 3.50. The zero-order chi connectivity index (χ0) is 6.91. The van der Waals surface area contributed by atoms with Crippen molar-refractivity contribution in [3.8, 4) is 11.7 Å². The molecule has 0 unspecified atom stereocenters. The summed E-state index contributed by atoms with van der Waals surface area (Å²) in [7, 11) is 0. The molecule has 1 aliphatic carbocycles. The van der Waals surface area contributed by atoms with Crippen molar-refractivity contribution in [3.63, 3.8) is 0 Å². The van der Waals surface area contributed by atoms with Gasteiger partial charge in [-0.25, -0.2) is 5.82 Å². The van der Waals surface area contributed by atoms with Gasteiger partial charge >= 0.3 is 58.4 Å². The molecule has 1 saturated carbocycles. The first-order valence-electron chi connectivity index (χ1n) is 2.80. The first-order valence-corrected chi connectivity index (χ1v) is 2.80. The maximum absolute atomic E-state index is 11.3. The van der Waals surface area contributed by atoms with Gasteiger partial charge in [-0.05, 0) is 12.8 Å².